The van der Waals surface area contributed by atoms with Gasteiger partial charge in [0.25, 0.3) is 0 Å². The topological polar surface area (TPSA) is 29.3 Å². The SMILES string of the molecule is CC(C)C1CCCC(N(CCN)Cc2ccccc2)C1. The summed E-state index contributed by atoms with van der Waals surface area (Å²) < 4.78 is 0. The minimum absolute atomic E-state index is 0.722. The minimum Gasteiger partial charge on any atom is -0.329 e. The summed E-state index contributed by atoms with van der Waals surface area (Å²) in [5, 5.41) is 0. The maximum atomic E-state index is 5.84. The van der Waals surface area contributed by atoms with Crippen LogP contribution < -0.4 is 5.73 Å². The van der Waals surface area contributed by atoms with Gasteiger partial charge in [0.1, 0.15) is 0 Å². The number of hydrogen-bond acceptors (Lipinski definition) is 2. The second-order valence-corrected chi connectivity index (χ2v) is 6.57. The molecule has 112 valence electrons. The van der Waals surface area contributed by atoms with Crippen molar-refractivity contribution in [2.75, 3.05) is 13.1 Å². The fourth-order valence-corrected chi connectivity index (χ4v) is 3.51. The molecule has 1 saturated carbocycles. The van der Waals surface area contributed by atoms with E-state index in [2.05, 4.69) is 49.1 Å². The molecule has 0 heterocycles. The summed E-state index contributed by atoms with van der Waals surface area (Å²) in [7, 11) is 0. The van der Waals surface area contributed by atoms with Crippen molar-refractivity contribution in [2.45, 2.75) is 52.1 Å². The lowest BCUT2D eigenvalue weighted by Gasteiger charge is -2.39. The molecule has 2 nitrogen and oxygen atoms in total. The molecule has 0 bridgehead atoms. The average Bonchev–Trinajstić information content (AvgIpc) is 2.48. The Morgan fingerprint density at radius 1 is 1.20 bits per heavy atom. The smallest absolute Gasteiger partial charge is 0.0237 e. The first-order valence-electron chi connectivity index (χ1n) is 8.18. The van der Waals surface area contributed by atoms with Crippen LogP contribution in [0.2, 0.25) is 0 Å². The van der Waals surface area contributed by atoms with Gasteiger partial charge < -0.3 is 5.73 Å². The summed E-state index contributed by atoms with van der Waals surface area (Å²) >= 11 is 0. The molecular weight excluding hydrogens is 244 g/mol. The molecule has 20 heavy (non-hydrogen) atoms. The first-order valence-corrected chi connectivity index (χ1v) is 8.18. The second kappa shape index (κ2) is 7.80. The van der Waals surface area contributed by atoms with E-state index >= 15 is 0 Å². The molecule has 2 unspecified atom stereocenters. The molecule has 0 aromatic heterocycles. The van der Waals surface area contributed by atoms with Crippen LogP contribution in [-0.4, -0.2) is 24.0 Å². The predicted octanol–water partition coefficient (Wildman–Crippen LogP) is 3.66. The number of benzene rings is 1. The zero-order valence-electron chi connectivity index (χ0n) is 13.1. The summed E-state index contributed by atoms with van der Waals surface area (Å²) in [4.78, 5) is 2.61. The summed E-state index contributed by atoms with van der Waals surface area (Å²) in [6.07, 6.45) is 5.49. The molecule has 1 aromatic carbocycles. The molecule has 0 aliphatic heterocycles. The van der Waals surface area contributed by atoms with Gasteiger partial charge >= 0.3 is 0 Å². The Morgan fingerprint density at radius 3 is 2.60 bits per heavy atom. The van der Waals surface area contributed by atoms with Crippen LogP contribution in [0.1, 0.15) is 45.1 Å². The Bertz CT molecular complexity index is 374. The third-order valence-corrected chi connectivity index (χ3v) is 4.79. The van der Waals surface area contributed by atoms with E-state index < -0.39 is 0 Å². The van der Waals surface area contributed by atoms with Crippen LogP contribution in [-0.2, 0) is 6.54 Å². The van der Waals surface area contributed by atoms with Crippen molar-refractivity contribution in [3.05, 3.63) is 35.9 Å². The van der Waals surface area contributed by atoms with E-state index in [-0.39, 0.29) is 0 Å². The molecule has 0 saturated heterocycles. The van der Waals surface area contributed by atoms with Crippen molar-refractivity contribution in [2.24, 2.45) is 17.6 Å². The van der Waals surface area contributed by atoms with Gasteiger partial charge in [-0.05, 0) is 30.2 Å². The van der Waals surface area contributed by atoms with Gasteiger partial charge in [0, 0.05) is 25.7 Å². The van der Waals surface area contributed by atoms with Gasteiger partial charge in [0.05, 0.1) is 0 Å². The molecule has 2 atom stereocenters. The zero-order chi connectivity index (χ0) is 14.4. The monoisotopic (exact) mass is 274 g/mol. The molecule has 1 fully saturated rings. The quantitative estimate of drug-likeness (QED) is 0.857. The zero-order valence-corrected chi connectivity index (χ0v) is 13.1. The van der Waals surface area contributed by atoms with Gasteiger partial charge in [-0.3, -0.25) is 4.90 Å². The second-order valence-electron chi connectivity index (χ2n) is 6.57. The molecule has 1 aromatic rings. The van der Waals surface area contributed by atoms with Crippen molar-refractivity contribution in [1.29, 1.82) is 0 Å². The Labute approximate surface area is 124 Å². The molecule has 1 aliphatic carbocycles. The summed E-state index contributed by atoms with van der Waals surface area (Å²) in [5.74, 6) is 1.71. The van der Waals surface area contributed by atoms with Crippen molar-refractivity contribution in [3.63, 3.8) is 0 Å². The van der Waals surface area contributed by atoms with Gasteiger partial charge in [-0.25, -0.2) is 0 Å². The fraction of sp³-hybridized carbons (Fsp3) is 0.667. The Morgan fingerprint density at radius 2 is 1.95 bits per heavy atom. The van der Waals surface area contributed by atoms with E-state index in [1.54, 1.807) is 0 Å². The number of hydrogen-bond donors (Lipinski definition) is 1. The van der Waals surface area contributed by atoms with E-state index in [0.29, 0.717) is 0 Å². The Hall–Kier alpha value is -0.860. The Balaban J connectivity index is 2.00. The van der Waals surface area contributed by atoms with Gasteiger partial charge in [-0.2, -0.15) is 0 Å². The largest absolute Gasteiger partial charge is 0.329 e. The van der Waals surface area contributed by atoms with Crippen LogP contribution in [0.25, 0.3) is 0 Å². The molecule has 0 spiro atoms. The first kappa shape index (κ1) is 15.5. The third-order valence-electron chi connectivity index (χ3n) is 4.79. The summed E-state index contributed by atoms with van der Waals surface area (Å²) in [5.41, 5.74) is 7.25. The molecule has 2 N–H and O–H groups in total. The highest BCUT2D eigenvalue weighted by Crippen LogP contribution is 2.32. The summed E-state index contributed by atoms with van der Waals surface area (Å²) in [6.45, 7) is 7.57. The maximum absolute atomic E-state index is 5.84. The van der Waals surface area contributed by atoms with Crippen molar-refractivity contribution in [3.8, 4) is 0 Å². The van der Waals surface area contributed by atoms with Crippen LogP contribution in [0.5, 0.6) is 0 Å². The molecule has 0 radical (unpaired) electrons. The lowest BCUT2D eigenvalue weighted by molar-refractivity contribution is 0.110. The first-order chi connectivity index (χ1) is 9.70. The molecular formula is C18H30N2. The summed E-state index contributed by atoms with van der Waals surface area (Å²) in [6, 6.07) is 11.5. The van der Waals surface area contributed by atoms with Crippen LogP contribution in [0.15, 0.2) is 30.3 Å². The van der Waals surface area contributed by atoms with Crippen LogP contribution in [0.4, 0.5) is 0 Å². The van der Waals surface area contributed by atoms with Crippen molar-refractivity contribution in [1.82, 2.24) is 4.90 Å². The third kappa shape index (κ3) is 4.32. The van der Waals surface area contributed by atoms with E-state index in [1.165, 1.54) is 31.2 Å². The molecule has 2 rings (SSSR count). The van der Waals surface area contributed by atoms with Crippen LogP contribution >= 0.6 is 0 Å². The predicted molar refractivity (Wildman–Crippen MR) is 86.5 cm³/mol. The van der Waals surface area contributed by atoms with Gasteiger partial charge in [0.2, 0.25) is 0 Å². The number of rotatable bonds is 6. The molecule has 1 aliphatic rings. The highest BCUT2D eigenvalue weighted by molar-refractivity contribution is 5.14. The normalized spacial score (nSPS) is 23.4. The van der Waals surface area contributed by atoms with Crippen LogP contribution in [0, 0.1) is 11.8 Å². The maximum Gasteiger partial charge on any atom is 0.0237 e. The molecule has 0 amide bonds. The number of nitrogens with zero attached hydrogens (tertiary/aromatic N) is 1. The lowest BCUT2D eigenvalue weighted by Crippen LogP contribution is -2.41. The van der Waals surface area contributed by atoms with E-state index in [1.807, 2.05) is 0 Å². The van der Waals surface area contributed by atoms with Crippen LogP contribution in [0.3, 0.4) is 0 Å². The lowest BCUT2D eigenvalue weighted by atomic mass is 9.78. The molecule has 2 heteroatoms. The van der Waals surface area contributed by atoms with Gasteiger partial charge in [-0.1, -0.05) is 57.0 Å². The van der Waals surface area contributed by atoms with E-state index in [9.17, 15) is 0 Å². The van der Waals surface area contributed by atoms with Gasteiger partial charge in [-0.15, -0.1) is 0 Å². The fourth-order valence-electron chi connectivity index (χ4n) is 3.51. The Kier molecular flexibility index (Phi) is 6.06. The van der Waals surface area contributed by atoms with E-state index in [4.69, 9.17) is 5.73 Å². The van der Waals surface area contributed by atoms with Crippen molar-refractivity contribution < 1.29 is 0 Å². The highest BCUT2D eigenvalue weighted by atomic mass is 15.2. The minimum atomic E-state index is 0.722. The number of nitrogens with two attached hydrogens (primary N) is 1. The van der Waals surface area contributed by atoms with Gasteiger partial charge in [0.15, 0.2) is 0 Å². The van der Waals surface area contributed by atoms with E-state index in [0.717, 1.165) is 37.5 Å². The van der Waals surface area contributed by atoms with Crippen molar-refractivity contribution >= 4 is 0 Å². The standard InChI is InChI=1S/C18H30N2/c1-15(2)17-9-6-10-18(13-17)20(12-11-19)14-16-7-4-3-5-8-16/h3-5,7-8,15,17-18H,6,9-14,19H2,1-2H3. The average molecular weight is 274 g/mol. The highest BCUT2D eigenvalue weighted by Gasteiger charge is 2.27.